The molecule has 2 aliphatic rings. The van der Waals surface area contributed by atoms with Gasteiger partial charge >= 0.3 is 0 Å². The second-order valence-corrected chi connectivity index (χ2v) is 7.31. The molecule has 1 heteroatoms. The first-order valence-electron chi connectivity index (χ1n) is 9.82. The molecule has 2 heterocycles. The Morgan fingerprint density at radius 2 is 1.52 bits per heavy atom. The number of rotatable bonds is 11. The maximum atomic E-state index is 6.30. The van der Waals surface area contributed by atoms with Crippen molar-refractivity contribution in [1.82, 2.24) is 0 Å². The van der Waals surface area contributed by atoms with Gasteiger partial charge in [0.25, 0.3) is 0 Å². The summed E-state index contributed by atoms with van der Waals surface area (Å²) in [4.78, 5) is 0. The van der Waals surface area contributed by atoms with Gasteiger partial charge in [-0.3, -0.25) is 0 Å². The highest BCUT2D eigenvalue weighted by Crippen LogP contribution is 2.52. The number of hydrogen-bond acceptors (Lipinski definition) is 1. The van der Waals surface area contributed by atoms with E-state index in [1.54, 1.807) is 0 Å². The molecule has 23 heavy (non-hydrogen) atoms. The summed E-state index contributed by atoms with van der Waals surface area (Å²) < 4.78 is 6.30. The molecule has 2 bridgehead atoms. The first-order valence-corrected chi connectivity index (χ1v) is 9.82. The van der Waals surface area contributed by atoms with Crippen LogP contribution in [0, 0.1) is 0 Å². The lowest BCUT2D eigenvalue weighted by molar-refractivity contribution is -0.0103. The molecule has 1 nitrogen and oxygen atoms in total. The fraction of sp³-hybridized carbons (Fsp3) is 0.636. The fourth-order valence-corrected chi connectivity index (χ4v) is 4.15. The van der Waals surface area contributed by atoms with Gasteiger partial charge in [-0.2, -0.15) is 0 Å². The van der Waals surface area contributed by atoms with E-state index in [1.807, 2.05) is 0 Å². The van der Waals surface area contributed by atoms with Crippen LogP contribution in [0.4, 0.5) is 0 Å². The Labute approximate surface area is 142 Å². The monoisotopic (exact) mass is 312 g/mol. The molecule has 0 amide bonds. The standard InChI is InChI=1S/C22H32O/c1-2-3-4-5-6-7-8-9-10-13-17-22-18-16-21(23-22)19-14-11-12-15-20(19)22/h11-12,14-16,18,21H,2-10,13,17H2,1H3/t21-,22+/m0/s1. The molecule has 126 valence electrons. The lowest BCUT2D eigenvalue weighted by Gasteiger charge is -2.24. The number of benzene rings is 1. The van der Waals surface area contributed by atoms with Gasteiger partial charge in [0.15, 0.2) is 0 Å². The summed E-state index contributed by atoms with van der Waals surface area (Å²) in [5.41, 5.74) is 2.71. The smallest absolute Gasteiger partial charge is 0.113 e. The minimum atomic E-state index is -0.0958. The van der Waals surface area contributed by atoms with Gasteiger partial charge in [-0.1, -0.05) is 95.1 Å². The third-order valence-corrected chi connectivity index (χ3v) is 5.50. The van der Waals surface area contributed by atoms with Gasteiger partial charge < -0.3 is 4.74 Å². The van der Waals surface area contributed by atoms with Crippen LogP contribution >= 0.6 is 0 Å². The maximum Gasteiger partial charge on any atom is 0.113 e. The van der Waals surface area contributed by atoms with Crippen molar-refractivity contribution in [1.29, 1.82) is 0 Å². The Bertz CT molecular complexity index is 518. The molecule has 2 aliphatic heterocycles. The van der Waals surface area contributed by atoms with Gasteiger partial charge in [0.2, 0.25) is 0 Å². The predicted molar refractivity (Wildman–Crippen MR) is 97.5 cm³/mol. The highest BCUT2D eigenvalue weighted by molar-refractivity contribution is 5.47. The van der Waals surface area contributed by atoms with E-state index in [0.29, 0.717) is 0 Å². The lowest BCUT2D eigenvalue weighted by atomic mass is 9.83. The van der Waals surface area contributed by atoms with E-state index in [1.165, 1.54) is 75.3 Å². The number of ether oxygens (including phenoxy) is 1. The SMILES string of the molecule is CCCCCCCCCCCC[C@]12C=C[C@H](O1)c1ccccc12. The van der Waals surface area contributed by atoms with Crippen molar-refractivity contribution in [2.45, 2.75) is 89.3 Å². The van der Waals surface area contributed by atoms with E-state index in [2.05, 4.69) is 43.3 Å². The molecule has 0 unspecified atom stereocenters. The average molecular weight is 312 g/mol. The minimum absolute atomic E-state index is 0.0958. The number of hydrogen-bond donors (Lipinski definition) is 0. The Morgan fingerprint density at radius 3 is 2.26 bits per heavy atom. The molecule has 3 rings (SSSR count). The third kappa shape index (κ3) is 3.88. The van der Waals surface area contributed by atoms with Gasteiger partial charge in [0.1, 0.15) is 11.7 Å². The average Bonchev–Trinajstić information content (AvgIpc) is 3.14. The van der Waals surface area contributed by atoms with E-state index < -0.39 is 0 Å². The summed E-state index contributed by atoms with van der Waals surface area (Å²) in [6.07, 6.45) is 19.8. The molecule has 0 radical (unpaired) electrons. The lowest BCUT2D eigenvalue weighted by Crippen LogP contribution is -2.20. The molecule has 2 atom stereocenters. The van der Waals surface area contributed by atoms with Crippen LogP contribution in [-0.4, -0.2) is 0 Å². The molecular formula is C22H32O. The molecule has 1 aromatic rings. The summed E-state index contributed by atoms with van der Waals surface area (Å²) >= 11 is 0. The van der Waals surface area contributed by atoms with Crippen LogP contribution in [0.15, 0.2) is 36.4 Å². The van der Waals surface area contributed by atoms with Gasteiger partial charge in [0.05, 0.1) is 0 Å². The van der Waals surface area contributed by atoms with Crippen molar-refractivity contribution in [2.24, 2.45) is 0 Å². The third-order valence-electron chi connectivity index (χ3n) is 5.50. The van der Waals surface area contributed by atoms with Gasteiger partial charge in [-0.15, -0.1) is 0 Å². The molecule has 0 saturated carbocycles. The Balaban J connectivity index is 1.32. The Kier molecular flexibility index (Phi) is 5.94. The molecule has 0 spiro atoms. The normalized spacial score (nSPS) is 24.3. The van der Waals surface area contributed by atoms with E-state index in [-0.39, 0.29) is 11.7 Å². The van der Waals surface area contributed by atoms with Crippen LogP contribution in [0.2, 0.25) is 0 Å². The van der Waals surface area contributed by atoms with E-state index in [4.69, 9.17) is 4.74 Å². The van der Waals surface area contributed by atoms with Crippen LogP contribution in [0.25, 0.3) is 0 Å². The van der Waals surface area contributed by atoms with Gasteiger partial charge in [-0.25, -0.2) is 0 Å². The molecule has 0 aromatic heterocycles. The summed E-state index contributed by atoms with van der Waals surface area (Å²) in [7, 11) is 0. The quantitative estimate of drug-likeness (QED) is 0.321. The van der Waals surface area contributed by atoms with Crippen molar-refractivity contribution in [3.63, 3.8) is 0 Å². The van der Waals surface area contributed by atoms with E-state index in [9.17, 15) is 0 Å². The van der Waals surface area contributed by atoms with Crippen LogP contribution in [0.5, 0.6) is 0 Å². The molecule has 0 aliphatic carbocycles. The topological polar surface area (TPSA) is 9.23 Å². The summed E-state index contributed by atoms with van der Waals surface area (Å²) in [5, 5.41) is 0. The molecule has 0 N–H and O–H groups in total. The van der Waals surface area contributed by atoms with Crippen molar-refractivity contribution in [3.05, 3.63) is 47.5 Å². The summed E-state index contributed by atoms with van der Waals surface area (Å²) in [6, 6.07) is 8.76. The van der Waals surface area contributed by atoms with E-state index in [0.717, 1.165) is 6.42 Å². The van der Waals surface area contributed by atoms with Gasteiger partial charge in [-0.05, 0) is 30.0 Å². The number of unbranched alkanes of at least 4 members (excludes halogenated alkanes) is 9. The Morgan fingerprint density at radius 1 is 0.870 bits per heavy atom. The fourth-order valence-electron chi connectivity index (χ4n) is 4.15. The van der Waals surface area contributed by atoms with Crippen LogP contribution in [-0.2, 0) is 10.3 Å². The van der Waals surface area contributed by atoms with Crippen molar-refractivity contribution >= 4 is 0 Å². The summed E-state index contributed by atoms with van der Waals surface area (Å²) in [5.74, 6) is 0. The largest absolute Gasteiger partial charge is 0.354 e. The van der Waals surface area contributed by atoms with Crippen molar-refractivity contribution in [3.8, 4) is 0 Å². The van der Waals surface area contributed by atoms with Crippen molar-refractivity contribution < 1.29 is 4.74 Å². The predicted octanol–water partition coefficient (Wildman–Crippen LogP) is 6.83. The molecule has 0 fully saturated rings. The highest BCUT2D eigenvalue weighted by Gasteiger charge is 2.45. The van der Waals surface area contributed by atoms with Crippen LogP contribution in [0.3, 0.4) is 0 Å². The first kappa shape index (κ1) is 16.8. The second-order valence-electron chi connectivity index (χ2n) is 7.31. The zero-order valence-corrected chi connectivity index (χ0v) is 14.7. The minimum Gasteiger partial charge on any atom is -0.354 e. The summed E-state index contributed by atoms with van der Waals surface area (Å²) in [6.45, 7) is 2.29. The Hall–Kier alpha value is -1.08. The second kappa shape index (κ2) is 8.15. The van der Waals surface area contributed by atoms with Crippen molar-refractivity contribution in [2.75, 3.05) is 0 Å². The number of fused-ring (bicyclic) bond motifs is 5. The zero-order chi connectivity index (χ0) is 16.0. The first-order chi connectivity index (χ1) is 11.4. The van der Waals surface area contributed by atoms with Gasteiger partial charge in [0, 0.05) is 0 Å². The molecule has 1 aromatic carbocycles. The maximum absolute atomic E-state index is 6.30. The molecular weight excluding hydrogens is 280 g/mol. The van der Waals surface area contributed by atoms with Crippen LogP contribution in [0.1, 0.15) is 94.8 Å². The molecule has 0 saturated heterocycles. The van der Waals surface area contributed by atoms with E-state index >= 15 is 0 Å². The zero-order valence-electron chi connectivity index (χ0n) is 14.7. The highest BCUT2D eigenvalue weighted by atomic mass is 16.5. The van der Waals surface area contributed by atoms with Crippen LogP contribution < -0.4 is 0 Å².